The average Bonchev–Trinajstić information content (AvgIpc) is 1.58. The normalized spacial score (nSPS) is 14.7. The number of aliphatic hydroxyl groups excluding tert-OH is 1. The van der Waals surface area contributed by atoms with Crippen molar-refractivity contribution >= 4 is 0 Å². The first-order chi connectivity index (χ1) is 4.52. The lowest BCUT2D eigenvalue weighted by molar-refractivity contribution is 0.135. The first-order valence-electron chi connectivity index (χ1n) is 3.89. The zero-order chi connectivity index (χ0) is 8.15. The van der Waals surface area contributed by atoms with Gasteiger partial charge >= 0.3 is 0 Å². The van der Waals surface area contributed by atoms with E-state index >= 15 is 0 Å². The molecule has 1 unspecified atom stereocenters. The van der Waals surface area contributed by atoms with Gasteiger partial charge < -0.3 is 10.0 Å². The van der Waals surface area contributed by atoms with Crippen LogP contribution in [0.15, 0.2) is 0 Å². The summed E-state index contributed by atoms with van der Waals surface area (Å²) in [5, 5.41) is 8.99. The third-order valence-corrected chi connectivity index (χ3v) is 1.25. The van der Waals surface area contributed by atoms with Crippen LogP contribution in [0.3, 0.4) is 0 Å². The summed E-state index contributed by atoms with van der Waals surface area (Å²) < 4.78 is 0. The van der Waals surface area contributed by atoms with E-state index < -0.39 is 0 Å². The van der Waals surface area contributed by atoms with E-state index in [9.17, 15) is 0 Å². The van der Waals surface area contributed by atoms with E-state index in [0.29, 0.717) is 5.92 Å². The maximum atomic E-state index is 8.99. The van der Waals surface area contributed by atoms with Crippen molar-refractivity contribution in [1.82, 2.24) is 4.90 Å². The van der Waals surface area contributed by atoms with Crippen LogP contribution in [0.2, 0.25) is 0 Å². The molecule has 0 rings (SSSR count). The molecular weight excluding hydrogens is 126 g/mol. The van der Waals surface area contributed by atoms with E-state index in [1.807, 2.05) is 14.0 Å². The Hall–Kier alpha value is -0.0800. The van der Waals surface area contributed by atoms with Crippen LogP contribution in [0.5, 0.6) is 0 Å². The van der Waals surface area contributed by atoms with Gasteiger partial charge in [0.05, 0.1) is 6.10 Å². The summed E-state index contributed by atoms with van der Waals surface area (Å²) in [6.07, 6.45) is -0.205. The Morgan fingerprint density at radius 3 is 2.00 bits per heavy atom. The molecule has 0 bridgehead atoms. The second-order valence-corrected chi connectivity index (χ2v) is 3.46. The Bertz CT molecular complexity index is 71.3. The molecule has 1 N–H and O–H groups in total. The van der Waals surface area contributed by atoms with Gasteiger partial charge in [-0.2, -0.15) is 0 Å². The molecular formula is C8H19NO. The molecule has 10 heavy (non-hydrogen) atoms. The van der Waals surface area contributed by atoms with Crippen LogP contribution in [0.4, 0.5) is 0 Å². The van der Waals surface area contributed by atoms with Gasteiger partial charge in [-0.3, -0.25) is 0 Å². The van der Waals surface area contributed by atoms with Gasteiger partial charge in [-0.1, -0.05) is 13.8 Å². The molecule has 0 aromatic carbocycles. The zero-order valence-electron chi connectivity index (χ0n) is 7.46. The molecule has 0 saturated heterocycles. The van der Waals surface area contributed by atoms with Gasteiger partial charge in [0.1, 0.15) is 0 Å². The van der Waals surface area contributed by atoms with Crippen molar-refractivity contribution in [2.75, 3.05) is 20.1 Å². The third kappa shape index (κ3) is 6.05. The summed E-state index contributed by atoms with van der Waals surface area (Å²) in [4.78, 5) is 2.15. The van der Waals surface area contributed by atoms with Crippen LogP contribution in [0.1, 0.15) is 20.8 Å². The SMILES string of the molecule is CC(C)CN(C)CC(C)O. The fourth-order valence-corrected chi connectivity index (χ4v) is 1.15. The predicted molar refractivity (Wildman–Crippen MR) is 44.0 cm³/mol. The summed E-state index contributed by atoms with van der Waals surface area (Å²) >= 11 is 0. The summed E-state index contributed by atoms with van der Waals surface area (Å²) in [7, 11) is 2.03. The Morgan fingerprint density at radius 2 is 1.70 bits per heavy atom. The van der Waals surface area contributed by atoms with E-state index in [1.54, 1.807) is 0 Å². The molecule has 0 radical (unpaired) electrons. The third-order valence-electron chi connectivity index (χ3n) is 1.25. The van der Waals surface area contributed by atoms with Crippen molar-refractivity contribution in [3.8, 4) is 0 Å². The van der Waals surface area contributed by atoms with Crippen LogP contribution in [-0.2, 0) is 0 Å². The Morgan fingerprint density at radius 1 is 1.20 bits per heavy atom. The number of likely N-dealkylation sites (N-methyl/N-ethyl adjacent to an activating group) is 1. The molecule has 0 aliphatic heterocycles. The Labute approximate surface area is 63.8 Å². The zero-order valence-corrected chi connectivity index (χ0v) is 7.46. The fraction of sp³-hybridized carbons (Fsp3) is 1.00. The predicted octanol–water partition coefficient (Wildman–Crippen LogP) is 0.955. The van der Waals surface area contributed by atoms with Crippen LogP contribution in [0, 0.1) is 5.92 Å². The molecule has 0 fully saturated rings. The molecule has 0 saturated carbocycles. The second kappa shape index (κ2) is 4.69. The lowest BCUT2D eigenvalue weighted by atomic mass is 10.2. The van der Waals surface area contributed by atoms with E-state index in [2.05, 4.69) is 18.7 Å². The minimum atomic E-state index is -0.205. The van der Waals surface area contributed by atoms with Crippen molar-refractivity contribution in [3.63, 3.8) is 0 Å². The highest BCUT2D eigenvalue weighted by atomic mass is 16.3. The van der Waals surface area contributed by atoms with Crippen LogP contribution in [0.25, 0.3) is 0 Å². The summed E-state index contributed by atoms with van der Waals surface area (Å²) in [5.74, 6) is 0.684. The van der Waals surface area contributed by atoms with Crippen LogP contribution in [-0.4, -0.2) is 36.2 Å². The highest BCUT2D eigenvalue weighted by molar-refractivity contribution is 4.57. The van der Waals surface area contributed by atoms with E-state index in [-0.39, 0.29) is 6.10 Å². The van der Waals surface area contributed by atoms with E-state index in [4.69, 9.17) is 5.11 Å². The largest absolute Gasteiger partial charge is 0.392 e. The van der Waals surface area contributed by atoms with Gasteiger partial charge in [-0.15, -0.1) is 0 Å². The first-order valence-corrected chi connectivity index (χ1v) is 3.89. The Kier molecular flexibility index (Phi) is 4.65. The highest BCUT2D eigenvalue weighted by Crippen LogP contribution is 1.96. The average molecular weight is 145 g/mol. The first kappa shape index (κ1) is 9.92. The van der Waals surface area contributed by atoms with Crippen molar-refractivity contribution < 1.29 is 5.11 Å². The van der Waals surface area contributed by atoms with Gasteiger partial charge in [0, 0.05) is 13.1 Å². The Balaban J connectivity index is 3.34. The summed E-state index contributed by atoms with van der Waals surface area (Å²) in [5.41, 5.74) is 0. The molecule has 0 aromatic heterocycles. The van der Waals surface area contributed by atoms with Crippen LogP contribution >= 0.6 is 0 Å². The highest BCUT2D eigenvalue weighted by Gasteiger charge is 2.03. The lowest BCUT2D eigenvalue weighted by Gasteiger charge is -2.19. The van der Waals surface area contributed by atoms with Gasteiger partial charge in [-0.25, -0.2) is 0 Å². The van der Waals surface area contributed by atoms with Gasteiger partial charge in [0.2, 0.25) is 0 Å². The minimum Gasteiger partial charge on any atom is -0.392 e. The number of hydrogen-bond acceptors (Lipinski definition) is 2. The van der Waals surface area contributed by atoms with Crippen LogP contribution < -0.4 is 0 Å². The standard InChI is InChI=1S/C8H19NO/c1-7(2)5-9(4)6-8(3)10/h7-8,10H,5-6H2,1-4H3. The molecule has 0 spiro atoms. The summed E-state index contributed by atoms with van der Waals surface area (Å²) in [6, 6.07) is 0. The van der Waals surface area contributed by atoms with Gasteiger partial charge in [0.25, 0.3) is 0 Å². The van der Waals surface area contributed by atoms with Crippen molar-refractivity contribution in [1.29, 1.82) is 0 Å². The van der Waals surface area contributed by atoms with Crippen molar-refractivity contribution in [2.45, 2.75) is 26.9 Å². The van der Waals surface area contributed by atoms with Crippen molar-refractivity contribution in [3.05, 3.63) is 0 Å². The smallest absolute Gasteiger partial charge is 0.0638 e. The molecule has 62 valence electrons. The van der Waals surface area contributed by atoms with Gasteiger partial charge in [0.15, 0.2) is 0 Å². The topological polar surface area (TPSA) is 23.5 Å². The molecule has 0 aromatic rings. The number of rotatable bonds is 4. The monoisotopic (exact) mass is 145 g/mol. The van der Waals surface area contributed by atoms with E-state index in [1.165, 1.54) is 0 Å². The van der Waals surface area contributed by atoms with Crippen molar-refractivity contribution in [2.24, 2.45) is 5.92 Å². The lowest BCUT2D eigenvalue weighted by Crippen LogP contribution is -2.30. The molecule has 0 aliphatic carbocycles. The van der Waals surface area contributed by atoms with Gasteiger partial charge in [-0.05, 0) is 19.9 Å². The quantitative estimate of drug-likeness (QED) is 0.637. The number of nitrogens with zero attached hydrogens (tertiary/aromatic N) is 1. The molecule has 1 atom stereocenters. The molecule has 2 heteroatoms. The fourth-order valence-electron chi connectivity index (χ4n) is 1.15. The molecule has 0 heterocycles. The maximum absolute atomic E-state index is 8.99. The molecule has 2 nitrogen and oxygen atoms in total. The minimum absolute atomic E-state index is 0.205. The maximum Gasteiger partial charge on any atom is 0.0638 e. The molecule has 0 aliphatic rings. The summed E-state index contributed by atoms with van der Waals surface area (Å²) in [6.45, 7) is 8.01. The second-order valence-electron chi connectivity index (χ2n) is 3.46. The number of hydrogen-bond donors (Lipinski definition) is 1. The molecule has 0 amide bonds. The van der Waals surface area contributed by atoms with E-state index in [0.717, 1.165) is 13.1 Å². The number of aliphatic hydroxyl groups is 1.